The Hall–Kier alpha value is -0.300. The number of nitrogens with one attached hydrogen (secondary N) is 1. The van der Waals surface area contributed by atoms with Crippen LogP contribution in [0.3, 0.4) is 0 Å². The molecule has 0 bridgehead atoms. The number of hydrogen-bond donors (Lipinski definition) is 1. The lowest BCUT2D eigenvalue weighted by Crippen LogP contribution is -2.28. The first kappa shape index (κ1) is 8.79. The molecule has 1 atom stereocenters. The second-order valence-electron chi connectivity index (χ2n) is 3.58. The zero-order valence-electron chi connectivity index (χ0n) is 7.47. The summed E-state index contributed by atoms with van der Waals surface area (Å²) >= 11 is 0. The molecule has 64 valence electrons. The molecule has 1 aliphatic rings. The monoisotopic (exact) mass is 153 g/mol. The third-order valence-electron chi connectivity index (χ3n) is 2.56. The van der Waals surface area contributed by atoms with Gasteiger partial charge in [-0.3, -0.25) is 0 Å². The highest BCUT2D eigenvalue weighted by atomic mass is 14.9. The maximum absolute atomic E-state index is 3.74. The molecule has 11 heavy (non-hydrogen) atoms. The van der Waals surface area contributed by atoms with Crippen molar-refractivity contribution in [1.82, 2.24) is 5.32 Å². The van der Waals surface area contributed by atoms with E-state index in [0.717, 1.165) is 5.92 Å². The maximum atomic E-state index is 3.74. The van der Waals surface area contributed by atoms with Crippen molar-refractivity contribution >= 4 is 0 Å². The van der Waals surface area contributed by atoms with Gasteiger partial charge in [-0.25, -0.2) is 0 Å². The van der Waals surface area contributed by atoms with Crippen molar-refractivity contribution in [3.05, 3.63) is 12.7 Å². The van der Waals surface area contributed by atoms with Crippen molar-refractivity contribution in [1.29, 1.82) is 0 Å². The molecule has 1 nitrogen and oxygen atoms in total. The van der Waals surface area contributed by atoms with E-state index in [9.17, 15) is 0 Å². The largest absolute Gasteiger partial charge is 0.311 e. The van der Waals surface area contributed by atoms with Gasteiger partial charge < -0.3 is 5.32 Å². The molecule has 1 aliphatic carbocycles. The van der Waals surface area contributed by atoms with Gasteiger partial charge in [0.25, 0.3) is 0 Å². The van der Waals surface area contributed by atoms with Gasteiger partial charge in [-0.2, -0.15) is 0 Å². The molecule has 0 radical (unpaired) electrons. The minimum Gasteiger partial charge on any atom is -0.311 e. The Labute approximate surface area is 69.9 Å². The van der Waals surface area contributed by atoms with Gasteiger partial charge in [0.15, 0.2) is 0 Å². The Morgan fingerprint density at radius 2 is 2.18 bits per heavy atom. The molecule has 1 rings (SSSR count). The number of hydrogen-bond acceptors (Lipinski definition) is 1. The molecule has 0 spiro atoms. The Kier molecular flexibility index (Phi) is 3.64. The zero-order chi connectivity index (χ0) is 8.10. The van der Waals surface area contributed by atoms with Gasteiger partial charge in [-0.1, -0.05) is 18.9 Å². The SMILES string of the molecule is C=CC(C)NCC1CCCC1. The Morgan fingerprint density at radius 1 is 1.55 bits per heavy atom. The van der Waals surface area contributed by atoms with Crippen LogP contribution in [0, 0.1) is 5.92 Å². The third-order valence-corrected chi connectivity index (χ3v) is 2.56. The summed E-state index contributed by atoms with van der Waals surface area (Å²) in [6.07, 6.45) is 7.70. The summed E-state index contributed by atoms with van der Waals surface area (Å²) < 4.78 is 0. The summed E-state index contributed by atoms with van der Waals surface area (Å²) in [6.45, 7) is 7.09. The van der Waals surface area contributed by atoms with Crippen molar-refractivity contribution in [3.8, 4) is 0 Å². The summed E-state index contributed by atoms with van der Waals surface area (Å²) in [5.74, 6) is 0.942. The minimum absolute atomic E-state index is 0.482. The molecule has 1 fully saturated rings. The summed E-state index contributed by atoms with van der Waals surface area (Å²) in [4.78, 5) is 0. The van der Waals surface area contributed by atoms with Crippen molar-refractivity contribution in [3.63, 3.8) is 0 Å². The molecule has 0 aromatic heterocycles. The predicted molar refractivity (Wildman–Crippen MR) is 49.6 cm³/mol. The fourth-order valence-corrected chi connectivity index (χ4v) is 1.65. The lowest BCUT2D eigenvalue weighted by Gasteiger charge is -2.13. The molecule has 0 aliphatic heterocycles. The van der Waals surface area contributed by atoms with Crippen LogP contribution in [-0.4, -0.2) is 12.6 Å². The summed E-state index contributed by atoms with van der Waals surface area (Å²) in [5.41, 5.74) is 0. The zero-order valence-corrected chi connectivity index (χ0v) is 7.47. The van der Waals surface area contributed by atoms with Crippen molar-refractivity contribution in [2.45, 2.75) is 38.6 Å². The van der Waals surface area contributed by atoms with Crippen LogP contribution in [0.2, 0.25) is 0 Å². The van der Waals surface area contributed by atoms with Crippen LogP contribution in [0.1, 0.15) is 32.6 Å². The molecular formula is C10H19N. The molecule has 1 unspecified atom stereocenters. The molecule has 1 heteroatoms. The number of rotatable bonds is 4. The van der Waals surface area contributed by atoms with Crippen LogP contribution in [0.5, 0.6) is 0 Å². The van der Waals surface area contributed by atoms with E-state index in [1.165, 1.54) is 32.2 Å². The highest BCUT2D eigenvalue weighted by molar-refractivity contribution is 4.82. The highest BCUT2D eigenvalue weighted by Gasteiger charge is 2.14. The fraction of sp³-hybridized carbons (Fsp3) is 0.800. The molecule has 0 aromatic carbocycles. The van der Waals surface area contributed by atoms with Gasteiger partial charge in [0, 0.05) is 6.04 Å². The third kappa shape index (κ3) is 3.06. The van der Waals surface area contributed by atoms with E-state index in [2.05, 4.69) is 18.8 Å². The molecule has 0 aromatic rings. The summed E-state index contributed by atoms with van der Waals surface area (Å²) in [7, 11) is 0. The second kappa shape index (κ2) is 4.55. The topological polar surface area (TPSA) is 12.0 Å². The van der Waals surface area contributed by atoms with Crippen molar-refractivity contribution < 1.29 is 0 Å². The van der Waals surface area contributed by atoms with E-state index in [-0.39, 0.29) is 0 Å². The Balaban J connectivity index is 2.06. The quantitative estimate of drug-likeness (QED) is 0.611. The Bertz CT molecular complexity index is 114. The molecule has 0 amide bonds. The first-order valence-electron chi connectivity index (χ1n) is 4.69. The highest BCUT2D eigenvalue weighted by Crippen LogP contribution is 2.23. The van der Waals surface area contributed by atoms with Gasteiger partial charge in [-0.15, -0.1) is 6.58 Å². The second-order valence-corrected chi connectivity index (χ2v) is 3.58. The fourth-order valence-electron chi connectivity index (χ4n) is 1.65. The van der Waals surface area contributed by atoms with Crippen LogP contribution in [0.4, 0.5) is 0 Å². The average molecular weight is 153 g/mol. The van der Waals surface area contributed by atoms with E-state index in [0.29, 0.717) is 6.04 Å². The van der Waals surface area contributed by atoms with E-state index in [4.69, 9.17) is 0 Å². The van der Waals surface area contributed by atoms with E-state index >= 15 is 0 Å². The van der Waals surface area contributed by atoms with E-state index < -0.39 is 0 Å². The van der Waals surface area contributed by atoms with E-state index in [1.807, 2.05) is 6.08 Å². The summed E-state index contributed by atoms with van der Waals surface area (Å²) in [5, 5.41) is 3.46. The molecule has 0 saturated heterocycles. The average Bonchev–Trinajstić information content (AvgIpc) is 2.52. The summed E-state index contributed by atoms with van der Waals surface area (Å²) in [6, 6.07) is 0.482. The lowest BCUT2D eigenvalue weighted by molar-refractivity contribution is 0.474. The van der Waals surface area contributed by atoms with Crippen LogP contribution in [0.15, 0.2) is 12.7 Å². The minimum atomic E-state index is 0.482. The van der Waals surface area contributed by atoms with Gasteiger partial charge in [0.2, 0.25) is 0 Å². The van der Waals surface area contributed by atoms with Crippen LogP contribution in [-0.2, 0) is 0 Å². The van der Waals surface area contributed by atoms with E-state index in [1.54, 1.807) is 0 Å². The van der Waals surface area contributed by atoms with Crippen LogP contribution < -0.4 is 5.32 Å². The maximum Gasteiger partial charge on any atom is 0.0219 e. The standard InChI is InChI=1S/C10H19N/c1-3-9(2)11-8-10-6-4-5-7-10/h3,9-11H,1,4-8H2,2H3. The Morgan fingerprint density at radius 3 is 2.73 bits per heavy atom. The predicted octanol–water partition coefficient (Wildman–Crippen LogP) is 2.34. The molecular weight excluding hydrogens is 134 g/mol. The smallest absolute Gasteiger partial charge is 0.0219 e. The van der Waals surface area contributed by atoms with Gasteiger partial charge in [-0.05, 0) is 32.2 Å². The van der Waals surface area contributed by atoms with Crippen LogP contribution in [0.25, 0.3) is 0 Å². The van der Waals surface area contributed by atoms with Crippen molar-refractivity contribution in [2.24, 2.45) is 5.92 Å². The van der Waals surface area contributed by atoms with Crippen LogP contribution >= 0.6 is 0 Å². The van der Waals surface area contributed by atoms with Gasteiger partial charge in [0.05, 0.1) is 0 Å². The molecule has 1 N–H and O–H groups in total. The molecule has 1 saturated carbocycles. The van der Waals surface area contributed by atoms with Crippen molar-refractivity contribution in [2.75, 3.05) is 6.54 Å². The van der Waals surface area contributed by atoms with Gasteiger partial charge >= 0.3 is 0 Å². The lowest BCUT2D eigenvalue weighted by atomic mass is 10.1. The first-order chi connectivity index (χ1) is 5.33. The molecule has 0 heterocycles. The normalized spacial score (nSPS) is 21.9. The first-order valence-corrected chi connectivity index (χ1v) is 4.69. The van der Waals surface area contributed by atoms with Gasteiger partial charge in [0.1, 0.15) is 0 Å².